The molecule has 2 heterocycles. The number of likely N-dealkylation sites (N-methyl/N-ethyl adjacent to an activating group) is 1. The first-order valence-electron chi connectivity index (χ1n) is 11.2. The molecule has 1 aliphatic heterocycles. The van der Waals surface area contributed by atoms with E-state index in [-0.39, 0.29) is 11.9 Å². The van der Waals surface area contributed by atoms with Gasteiger partial charge in [-0.15, -0.1) is 0 Å². The van der Waals surface area contributed by atoms with Crippen molar-refractivity contribution in [2.45, 2.75) is 69.9 Å². The van der Waals surface area contributed by atoms with Crippen LogP contribution in [0, 0.1) is 0 Å². The molecule has 28 heavy (non-hydrogen) atoms. The van der Waals surface area contributed by atoms with E-state index in [1.54, 1.807) is 5.56 Å². The quantitative estimate of drug-likeness (QED) is 0.787. The van der Waals surface area contributed by atoms with E-state index in [1.807, 2.05) is 19.0 Å². The maximum Gasteiger partial charge on any atom is 0.237 e. The van der Waals surface area contributed by atoms with E-state index < -0.39 is 0 Å². The summed E-state index contributed by atoms with van der Waals surface area (Å²) in [6.07, 6.45) is 10.3. The van der Waals surface area contributed by atoms with Gasteiger partial charge in [0.25, 0.3) is 0 Å². The van der Waals surface area contributed by atoms with Crippen LogP contribution >= 0.6 is 0 Å². The van der Waals surface area contributed by atoms with Gasteiger partial charge < -0.3 is 14.4 Å². The summed E-state index contributed by atoms with van der Waals surface area (Å²) < 4.78 is 2.54. The molecule has 0 bridgehead atoms. The molecule has 0 spiro atoms. The number of hydrogen-bond donors (Lipinski definition) is 0. The highest BCUT2D eigenvalue weighted by Gasteiger charge is 2.37. The van der Waals surface area contributed by atoms with Crippen molar-refractivity contribution < 1.29 is 4.79 Å². The van der Waals surface area contributed by atoms with Crippen LogP contribution in [0.15, 0.2) is 18.2 Å². The number of aromatic nitrogens is 1. The van der Waals surface area contributed by atoms with E-state index in [2.05, 4.69) is 27.7 Å². The van der Waals surface area contributed by atoms with Crippen molar-refractivity contribution in [2.24, 2.45) is 0 Å². The second-order valence-electron chi connectivity index (χ2n) is 9.36. The van der Waals surface area contributed by atoms with Crippen LogP contribution in [0.5, 0.6) is 0 Å². The highest BCUT2D eigenvalue weighted by molar-refractivity contribution is 5.88. The third-order valence-electron chi connectivity index (χ3n) is 7.25. The number of carbonyl (C=O) groups is 1. The van der Waals surface area contributed by atoms with Gasteiger partial charge in [0.1, 0.15) is 0 Å². The number of carbonyl (C=O) groups excluding carboxylic acids is 1. The molecule has 1 saturated carbocycles. The average molecular weight is 380 g/mol. The van der Waals surface area contributed by atoms with E-state index in [1.165, 1.54) is 67.1 Å². The fourth-order valence-electron chi connectivity index (χ4n) is 5.97. The molecule has 1 aromatic heterocycles. The molecule has 150 valence electrons. The summed E-state index contributed by atoms with van der Waals surface area (Å²) in [5, 5.41) is 1.48. The molecule has 1 atom stereocenters. The Balaban J connectivity index is 1.55. The Hall–Kier alpha value is -1.81. The Morgan fingerprint density at radius 1 is 1.07 bits per heavy atom. The van der Waals surface area contributed by atoms with E-state index in [4.69, 9.17) is 0 Å². The molecule has 1 fully saturated rings. The highest BCUT2D eigenvalue weighted by Crippen LogP contribution is 2.44. The fraction of sp³-hybridized carbons (Fsp3) is 0.625. The minimum absolute atomic E-state index is 0.274. The predicted molar refractivity (Wildman–Crippen MR) is 114 cm³/mol. The topological polar surface area (TPSA) is 28.5 Å². The highest BCUT2D eigenvalue weighted by atomic mass is 16.2. The lowest BCUT2D eigenvalue weighted by molar-refractivity contribution is -0.135. The first-order valence-corrected chi connectivity index (χ1v) is 11.2. The van der Waals surface area contributed by atoms with Gasteiger partial charge in [-0.1, -0.05) is 25.3 Å². The van der Waals surface area contributed by atoms with Crippen LogP contribution < -0.4 is 0 Å². The number of fused-ring (bicyclic) bond motifs is 3. The summed E-state index contributed by atoms with van der Waals surface area (Å²) in [5.74, 6) is 1.03. The maximum atomic E-state index is 12.9. The molecular formula is C24H33N3O. The van der Waals surface area contributed by atoms with E-state index in [9.17, 15) is 4.79 Å². The molecule has 0 radical (unpaired) electrons. The molecule has 3 aliphatic rings. The Labute approximate surface area is 168 Å². The first kappa shape index (κ1) is 18.2. The summed E-state index contributed by atoms with van der Waals surface area (Å²) in [5.41, 5.74) is 5.93. The molecule has 1 unspecified atom stereocenters. The molecule has 0 saturated heterocycles. The molecule has 1 amide bonds. The number of amides is 1. The minimum Gasteiger partial charge on any atom is -0.341 e. The van der Waals surface area contributed by atoms with Crippen molar-refractivity contribution in [3.05, 3.63) is 35.0 Å². The van der Waals surface area contributed by atoms with Gasteiger partial charge in [-0.25, -0.2) is 0 Å². The number of nitrogens with zero attached hydrogens (tertiary/aromatic N) is 3. The number of rotatable bonds is 3. The number of aryl methyl sites for hydroxylation is 1. The molecule has 0 N–H and O–H groups in total. The third kappa shape index (κ3) is 2.97. The SMILES string of the molecule is CN(C)CC(=O)N1CCn2c3c(c4cc(C5CCCCC5)ccc42)CCCC31. The lowest BCUT2D eigenvalue weighted by Gasteiger charge is -2.40. The third-order valence-corrected chi connectivity index (χ3v) is 7.25. The van der Waals surface area contributed by atoms with Crippen molar-refractivity contribution in [1.82, 2.24) is 14.4 Å². The molecule has 5 rings (SSSR count). The molecular weight excluding hydrogens is 346 g/mol. The Kier molecular flexibility index (Phi) is 4.70. The summed E-state index contributed by atoms with van der Waals surface area (Å²) in [7, 11) is 3.97. The van der Waals surface area contributed by atoms with Gasteiger partial charge in [0.15, 0.2) is 0 Å². The van der Waals surface area contributed by atoms with Gasteiger partial charge in [0, 0.05) is 29.7 Å². The van der Waals surface area contributed by atoms with Crippen LogP contribution in [-0.4, -0.2) is 47.5 Å². The van der Waals surface area contributed by atoms with Crippen LogP contribution in [0.2, 0.25) is 0 Å². The second kappa shape index (κ2) is 7.22. The first-order chi connectivity index (χ1) is 13.6. The van der Waals surface area contributed by atoms with Crippen molar-refractivity contribution in [2.75, 3.05) is 27.2 Å². The molecule has 4 nitrogen and oxygen atoms in total. The van der Waals surface area contributed by atoms with Crippen molar-refractivity contribution in [1.29, 1.82) is 0 Å². The zero-order valence-corrected chi connectivity index (χ0v) is 17.4. The van der Waals surface area contributed by atoms with Gasteiger partial charge in [0.05, 0.1) is 12.6 Å². The second-order valence-corrected chi connectivity index (χ2v) is 9.36. The van der Waals surface area contributed by atoms with Crippen LogP contribution in [0.3, 0.4) is 0 Å². The van der Waals surface area contributed by atoms with Gasteiger partial charge in [0.2, 0.25) is 5.91 Å². The minimum atomic E-state index is 0.274. The lowest BCUT2D eigenvalue weighted by Crippen LogP contribution is -2.46. The smallest absolute Gasteiger partial charge is 0.237 e. The monoisotopic (exact) mass is 379 g/mol. The Morgan fingerprint density at radius 2 is 1.89 bits per heavy atom. The summed E-state index contributed by atoms with van der Waals surface area (Å²) in [6, 6.07) is 7.56. The summed E-state index contributed by atoms with van der Waals surface area (Å²) >= 11 is 0. The lowest BCUT2D eigenvalue weighted by atomic mass is 9.83. The van der Waals surface area contributed by atoms with Crippen molar-refractivity contribution in [3.8, 4) is 0 Å². The Morgan fingerprint density at radius 3 is 2.68 bits per heavy atom. The van der Waals surface area contributed by atoms with E-state index >= 15 is 0 Å². The number of benzene rings is 1. The van der Waals surface area contributed by atoms with Gasteiger partial charge in [-0.2, -0.15) is 0 Å². The van der Waals surface area contributed by atoms with Gasteiger partial charge in [-0.3, -0.25) is 4.79 Å². The normalized spacial score (nSPS) is 22.7. The zero-order valence-electron chi connectivity index (χ0n) is 17.4. The van der Waals surface area contributed by atoms with Gasteiger partial charge >= 0.3 is 0 Å². The van der Waals surface area contributed by atoms with Crippen molar-refractivity contribution >= 4 is 16.8 Å². The Bertz CT molecular complexity index is 891. The number of hydrogen-bond acceptors (Lipinski definition) is 2. The van der Waals surface area contributed by atoms with Gasteiger partial charge in [-0.05, 0) is 75.4 Å². The van der Waals surface area contributed by atoms with Crippen molar-refractivity contribution in [3.63, 3.8) is 0 Å². The van der Waals surface area contributed by atoms with Crippen LogP contribution in [0.1, 0.15) is 73.7 Å². The van der Waals surface area contributed by atoms with Crippen LogP contribution in [-0.2, 0) is 17.8 Å². The van der Waals surface area contributed by atoms with E-state index in [0.29, 0.717) is 6.54 Å². The molecule has 2 aliphatic carbocycles. The standard InChI is InChI=1S/C24H33N3O/c1-25(2)16-23(28)26-13-14-27-21-12-11-18(17-7-4-3-5-8-17)15-20(21)19-9-6-10-22(26)24(19)27/h11-12,15,17,22H,3-10,13-14,16H2,1-2H3. The predicted octanol–water partition coefficient (Wildman–Crippen LogP) is 4.47. The maximum absolute atomic E-state index is 12.9. The van der Waals surface area contributed by atoms with Crippen LogP contribution in [0.4, 0.5) is 0 Å². The molecule has 2 aromatic rings. The van der Waals surface area contributed by atoms with E-state index in [0.717, 1.165) is 25.4 Å². The summed E-state index contributed by atoms with van der Waals surface area (Å²) in [6.45, 7) is 2.29. The summed E-state index contributed by atoms with van der Waals surface area (Å²) in [4.78, 5) is 17.0. The van der Waals surface area contributed by atoms with Crippen LogP contribution in [0.25, 0.3) is 10.9 Å². The largest absolute Gasteiger partial charge is 0.341 e. The fourth-order valence-corrected chi connectivity index (χ4v) is 5.97. The average Bonchev–Trinajstić information content (AvgIpc) is 3.03. The molecule has 1 aromatic carbocycles. The molecule has 4 heteroatoms. The zero-order chi connectivity index (χ0) is 19.3.